The number of carbonyl (C=O) groups excluding carboxylic acids is 2. The molecule has 7 saturated heterocycles. The van der Waals surface area contributed by atoms with Crippen molar-refractivity contribution in [2.45, 2.75) is 98.1 Å². The lowest BCUT2D eigenvalue weighted by atomic mass is 9.43. The summed E-state index contributed by atoms with van der Waals surface area (Å²) >= 11 is 0. The van der Waals surface area contributed by atoms with E-state index in [4.69, 9.17) is 18.9 Å². The topological polar surface area (TPSA) is 113 Å². The summed E-state index contributed by atoms with van der Waals surface area (Å²) in [5, 5.41) is 17.8. The number of fused-ring (bicyclic) bond motifs is 4. The van der Waals surface area contributed by atoms with Gasteiger partial charge in [0.15, 0.2) is 0 Å². The van der Waals surface area contributed by atoms with Crippen LogP contribution in [0.3, 0.4) is 0 Å². The molecule has 2 aliphatic carbocycles. The summed E-state index contributed by atoms with van der Waals surface area (Å²) in [6.07, 6.45) is 5.12. The molecule has 1 saturated carbocycles. The van der Waals surface area contributed by atoms with Gasteiger partial charge in [-0.3, -0.25) is 14.6 Å². The van der Waals surface area contributed by atoms with E-state index in [0.717, 1.165) is 86.8 Å². The van der Waals surface area contributed by atoms with E-state index in [1.54, 1.807) is 7.11 Å². The average molecular weight is 733 g/mol. The molecule has 11 heteroatoms. The van der Waals surface area contributed by atoms with E-state index in [1.807, 2.05) is 0 Å². The van der Waals surface area contributed by atoms with Crippen molar-refractivity contribution in [3.63, 3.8) is 0 Å². The number of esters is 2. The van der Waals surface area contributed by atoms with Crippen LogP contribution >= 0.6 is 0 Å². The Hall–Kier alpha value is -3.64. The summed E-state index contributed by atoms with van der Waals surface area (Å²) in [5.74, 6) is 0.460. The van der Waals surface area contributed by atoms with Crippen LogP contribution in [0.15, 0.2) is 53.7 Å². The van der Waals surface area contributed by atoms with Crippen molar-refractivity contribution >= 4 is 23.3 Å². The lowest BCUT2D eigenvalue weighted by molar-refractivity contribution is -0.219. The summed E-state index contributed by atoms with van der Waals surface area (Å²) in [6, 6.07) is 15.2. The minimum atomic E-state index is -1.13. The van der Waals surface area contributed by atoms with Gasteiger partial charge in [-0.2, -0.15) is 0 Å². The minimum absolute atomic E-state index is 0.105. The fourth-order valence-corrected chi connectivity index (χ4v) is 16.8. The van der Waals surface area contributed by atoms with E-state index in [2.05, 4.69) is 62.5 Å². The van der Waals surface area contributed by atoms with Crippen LogP contribution in [0.2, 0.25) is 0 Å². The number of methoxy groups -OCH3 is 2. The monoisotopic (exact) mass is 732 g/mol. The molecule has 9 aliphatic heterocycles. The number of piperidine rings is 3. The maximum absolute atomic E-state index is 14.0. The first-order valence-corrected chi connectivity index (χ1v) is 20.3. The second-order valence-corrected chi connectivity index (χ2v) is 19.1. The van der Waals surface area contributed by atoms with Crippen LogP contribution in [-0.2, 0) is 34.6 Å². The Morgan fingerprint density at radius 1 is 0.907 bits per heavy atom. The first-order valence-electron chi connectivity index (χ1n) is 20.3. The van der Waals surface area contributed by atoms with Crippen molar-refractivity contribution in [2.24, 2.45) is 16.2 Å². The molecule has 5 spiro atoms. The SMILES string of the molecule is COC(=O)C1=C2Nc3ccccc3C23CCN2CC4(CN5c6c(OC)cccc6C67CCN8CCC9OC(=O)CC9(CC(O)(C4)C56)C87)C4OCCC4(C1)C23. The Kier molecular flexibility index (Phi) is 5.64. The number of nitrogens with one attached hydrogen (secondary N) is 1. The van der Waals surface area contributed by atoms with Crippen LogP contribution in [0.25, 0.3) is 0 Å². The molecule has 13 rings (SSSR count). The number of anilines is 2. The summed E-state index contributed by atoms with van der Waals surface area (Å²) in [6.45, 7) is 4.89. The zero-order valence-corrected chi connectivity index (χ0v) is 31.1. The Morgan fingerprint density at radius 2 is 1.76 bits per heavy atom. The Morgan fingerprint density at radius 3 is 2.63 bits per heavy atom. The zero-order valence-electron chi connectivity index (χ0n) is 31.1. The van der Waals surface area contributed by atoms with Crippen LogP contribution in [0.4, 0.5) is 11.4 Å². The summed E-state index contributed by atoms with van der Waals surface area (Å²) in [7, 11) is 3.27. The number of ether oxygens (including phenoxy) is 4. The Balaban J connectivity index is 1.03. The van der Waals surface area contributed by atoms with E-state index >= 15 is 0 Å². The first kappa shape index (κ1) is 31.6. The molecular weight excluding hydrogens is 684 g/mol. The summed E-state index contributed by atoms with van der Waals surface area (Å²) < 4.78 is 25.3. The fourth-order valence-electron chi connectivity index (χ4n) is 16.8. The number of para-hydroxylation sites is 2. The summed E-state index contributed by atoms with van der Waals surface area (Å²) in [5.41, 5.74) is 3.32. The number of carbonyl (C=O) groups is 2. The van der Waals surface area contributed by atoms with E-state index < -0.39 is 16.4 Å². The van der Waals surface area contributed by atoms with Crippen LogP contribution in [-0.4, -0.2) is 116 Å². The normalized spacial score (nSPS) is 46.8. The van der Waals surface area contributed by atoms with Gasteiger partial charge in [-0.05, 0) is 81.3 Å². The van der Waals surface area contributed by atoms with Crippen LogP contribution in [0.5, 0.6) is 5.75 Å². The zero-order chi connectivity index (χ0) is 36.2. The van der Waals surface area contributed by atoms with Gasteiger partial charge in [0.1, 0.15) is 11.9 Å². The third-order valence-corrected chi connectivity index (χ3v) is 17.3. The molecule has 2 aromatic carbocycles. The molecule has 0 radical (unpaired) electrons. The Bertz CT molecular complexity index is 2140. The van der Waals surface area contributed by atoms with Gasteiger partial charge in [0.05, 0.1) is 55.1 Å². The van der Waals surface area contributed by atoms with Crippen molar-refractivity contribution in [1.29, 1.82) is 0 Å². The average Bonchev–Trinajstić information content (AvgIpc) is 4.01. The van der Waals surface area contributed by atoms with E-state index in [9.17, 15) is 14.7 Å². The molecule has 9 heterocycles. The second kappa shape index (κ2) is 9.65. The molecule has 54 heavy (non-hydrogen) atoms. The van der Waals surface area contributed by atoms with E-state index in [1.165, 1.54) is 18.2 Å². The lowest BCUT2D eigenvalue weighted by Gasteiger charge is -2.70. The number of hydrogen-bond donors (Lipinski definition) is 2. The predicted octanol–water partition coefficient (Wildman–Crippen LogP) is 3.48. The maximum atomic E-state index is 14.0. The van der Waals surface area contributed by atoms with Crippen molar-refractivity contribution in [3.8, 4) is 5.75 Å². The highest BCUT2D eigenvalue weighted by atomic mass is 16.6. The second-order valence-electron chi connectivity index (χ2n) is 19.1. The quantitative estimate of drug-likeness (QED) is 0.443. The van der Waals surface area contributed by atoms with Gasteiger partial charge in [-0.15, -0.1) is 0 Å². The third-order valence-electron chi connectivity index (χ3n) is 17.3. The number of hydrogen-bond acceptors (Lipinski definition) is 11. The molecule has 11 unspecified atom stereocenters. The van der Waals surface area contributed by atoms with Crippen LogP contribution < -0.4 is 15.0 Å². The van der Waals surface area contributed by atoms with Crippen molar-refractivity contribution in [2.75, 3.05) is 63.8 Å². The molecular formula is C43H48N4O7. The minimum Gasteiger partial charge on any atom is -0.495 e. The summed E-state index contributed by atoms with van der Waals surface area (Å²) in [4.78, 5) is 35.4. The molecule has 0 bridgehead atoms. The van der Waals surface area contributed by atoms with Gasteiger partial charge in [-0.25, -0.2) is 4.79 Å². The van der Waals surface area contributed by atoms with Gasteiger partial charge in [0, 0.05) is 71.4 Å². The number of rotatable bonds is 2. The van der Waals surface area contributed by atoms with Gasteiger partial charge in [-0.1, -0.05) is 30.3 Å². The van der Waals surface area contributed by atoms with E-state index in [-0.39, 0.29) is 58.5 Å². The van der Waals surface area contributed by atoms with Gasteiger partial charge >= 0.3 is 11.9 Å². The van der Waals surface area contributed by atoms with Gasteiger partial charge < -0.3 is 34.3 Å². The highest BCUT2D eigenvalue weighted by molar-refractivity contribution is 5.93. The highest BCUT2D eigenvalue weighted by Gasteiger charge is 2.82. The van der Waals surface area contributed by atoms with Crippen molar-refractivity contribution in [1.82, 2.24) is 9.80 Å². The molecule has 8 fully saturated rings. The molecule has 2 N–H and O–H groups in total. The lowest BCUT2D eigenvalue weighted by Crippen LogP contribution is -2.81. The molecule has 282 valence electrons. The smallest absolute Gasteiger partial charge is 0.335 e. The number of benzene rings is 2. The van der Waals surface area contributed by atoms with Crippen LogP contribution in [0, 0.1) is 16.2 Å². The maximum Gasteiger partial charge on any atom is 0.335 e. The molecule has 0 amide bonds. The number of nitrogens with zero attached hydrogens (tertiary/aromatic N) is 3. The largest absolute Gasteiger partial charge is 0.495 e. The number of aliphatic hydroxyl groups is 1. The Labute approximate surface area is 314 Å². The molecule has 11 aliphatic rings. The molecule has 2 aromatic rings. The van der Waals surface area contributed by atoms with Crippen LogP contribution in [0.1, 0.15) is 62.5 Å². The molecule has 11 nitrogen and oxygen atoms in total. The highest BCUT2D eigenvalue weighted by Crippen LogP contribution is 2.76. The van der Waals surface area contributed by atoms with Crippen molar-refractivity contribution < 1.29 is 33.6 Å². The standard InChI is InChI=1S/C43H48N4O7/c1-51-28-9-5-7-26-31(28)47-23-38(20-41(50)21-40-19-30(48)54-29(40)10-14-45-15-12-43(26,35(40)45)36(41)47)22-46-16-11-42-25-6-3-4-8-27(25)44-32(42)24(33(49)52-2)18-39(34(42)46)13-17-53-37(38)39/h3-9,29,34-37,44,50H,10-23H2,1-2H3. The van der Waals surface area contributed by atoms with Gasteiger partial charge in [0.25, 0.3) is 0 Å². The third kappa shape index (κ3) is 3.16. The predicted molar refractivity (Wildman–Crippen MR) is 196 cm³/mol. The first-order chi connectivity index (χ1) is 26.2. The van der Waals surface area contributed by atoms with Gasteiger partial charge in [0.2, 0.25) is 0 Å². The fraction of sp³-hybridized carbons (Fsp3) is 0.628. The molecule has 0 aromatic heterocycles. The van der Waals surface area contributed by atoms with E-state index in [0.29, 0.717) is 32.3 Å². The molecule has 11 atom stereocenters. The van der Waals surface area contributed by atoms with Crippen molar-refractivity contribution in [3.05, 3.63) is 64.9 Å².